The summed E-state index contributed by atoms with van der Waals surface area (Å²) >= 11 is 0. The van der Waals surface area contributed by atoms with Gasteiger partial charge in [-0.25, -0.2) is 0 Å². The highest BCUT2D eigenvalue weighted by atomic mass is 16.3. The highest BCUT2D eigenvalue weighted by Crippen LogP contribution is 2.18. The lowest BCUT2D eigenvalue weighted by Gasteiger charge is -2.19. The summed E-state index contributed by atoms with van der Waals surface area (Å²) in [4.78, 5) is 1.59. The minimum atomic E-state index is -0.703. The Bertz CT molecular complexity index is 362. The van der Waals surface area contributed by atoms with Crippen LogP contribution in [0, 0.1) is 0 Å². The van der Waals surface area contributed by atoms with E-state index in [4.69, 9.17) is 0 Å². The zero-order chi connectivity index (χ0) is 11.8. The average molecular weight is 225 g/mol. The average Bonchev–Trinajstić information content (AvgIpc) is 2.74. The topological polar surface area (TPSA) is 75.9 Å². The monoisotopic (exact) mass is 225 g/mol. The molecular formula is C10H19N5O. The maximum atomic E-state index is 10.2. The molecule has 1 unspecified atom stereocenters. The van der Waals surface area contributed by atoms with Crippen LogP contribution >= 0.6 is 0 Å². The van der Waals surface area contributed by atoms with E-state index >= 15 is 0 Å². The molecule has 0 amide bonds. The molecule has 1 atom stereocenters. The molecule has 0 radical (unpaired) electrons. The van der Waals surface area contributed by atoms with Crippen molar-refractivity contribution < 1.29 is 5.11 Å². The quantitative estimate of drug-likeness (QED) is 0.722. The van der Waals surface area contributed by atoms with Gasteiger partial charge in [-0.15, -0.1) is 10.2 Å². The zero-order valence-corrected chi connectivity index (χ0v) is 10.1. The molecule has 1 fully saturated rings. The van der Waals surface area contributed by atoms with Crippen LogP contribution in [0.3, 0.4) is 0 Å². The number of aromatic nitrogens is 4. The van der Waals surface area contributed by atoms with E-state index in [1.54, 1.807) is 4.80 Å². The predicted molar refractivity (Wildman–Crippen MR) is 59.0 cm³/mol. The van der Waals surface area contributed by atoms with Gasteiger partial charge < -0.3 is 10.4 Å². The summed E-state index contributed by atoms with van der Waals surface area (Å²) in [6.45, 7) is 7.51. The minimum Gasteiger partial charge on any atom is -0.388 e. The number of aliphatic hydroxyl groups is 1. The number of β-amino-alcohol motifs (C(OH)–C–C–N with tert-alkyl or cyclic N) is 1. The third-order valence-electron chi connectivity index (χ3n) is 2.76. The molecule has 0 spiro atoms. The summed E-state index contributed by atoms with van der Waals surface area (Å²) in [7, 11) is 0. The number of nitrogens with zero attached hydrogens (tertiary/aromatic N) is 4. The molecule has 0 aliphatic carbocycles. The van der Waals surface area contributed by atoms with Crippen LogP contribution in [0.15, 0.2) is 0 Å². The standard InChI is InChI=1S/C10H19N5O/c1-9(2,3)15-13-8(12-14-15)6-10(16)4-5-11-7-10/h11,16H,4-7H2,1-3H3. The van der Waals surface area contributed by atoms with Crippen LogP contribution in [0.5, 0.6) is 0 Å². The van der Waals surface area contributed by atoms with E-state index in [9.17, 15) is 5.11 Å². The molecule has 2 rings (SSSR count). The number of hydrogen-bond acceptors (Lipinski definition) is 5. The molecule has 1 aliphatic rings. The highest BCUT2D eigenvalue weighted by molar-refractivity contribution is 4.96. The number of hydrogen-bond donors (Lipinski definition) is 2. The summed E-state index contributed by atoms with van der Waals surface area (Å²) in [6, 6.07) is 0. The lowest BCUT2D eigenvalue weighted by atomic mass is 9.99. The molecule has 0 bridgehead atoms. The van der Waals surface area contributed by atoms with Crippen molar-refractivity contribution >= 4 is 0 Å². The van der Waals surface area contributed by atoms with Gasteiger partial charge in [0, 0.05) is 13.0 Å². The fourth-order valence-electron chi connectivity index (χ4n) is 1.77. The fraction of sp³-hybridized carbons (Fsp3) is 0.900. The van der Waals surface area contributed by atoms with Crippen LogP contribution in [-0.4, -0.2) is 44.0 Å². The third kappa shape index (κ3) is 2.38. The molecule has 1 aromatic heterocycles. The van der Waals surface area contributed by atoms with E-state index in [-0.39, 0.29) is 5.54 Å². The molecule has 90 valence electrons. The second kappa shape index (κ2) is 3.78. The van der Waals surface area contributed by atoms with E-state index in [2.05, 4.69) is 20.7 Å². The van der Waals surface area contributed by atoms with Gasteiger partial charge in [-0.2, -0.15) is 4.80 Å². The van der Waals surface area contributed by atoms with Gasteiger partial charge in [0.05, 0.1) is 11.1 Å². The van der Waals surface area contributed by atoms with Crippen LogP contribution in [0.2, 0.25) is 0 Å². The Hall–Kier alpha value is -1.01. The fourth-order valence-corrected chi connectivity index (χ4v) is 1.77. The van der Waals surface area contributed by atoms with Crippen molar-refractivity contribution in [2.45, 2.75) is 44.8 Å². The van der Waals surface area contributed by atoms with E-state index < -0.39 is 5.60 Å². The molecule has 0 saturated carbocycles. The first-order chi connectivity index (χ1) is 7.39. The molecule has 6 heteroatoms. The van der Waals surface area contributed by atoms with Crippen LogP contribution in [0.4, 0.5) is 0 Å². The third-order valence-corrected chi connectivity index (χ3v) is 2.76. The van der Waals surface area contributed by atoms with Crippen molar-refractivity contribution in [3.8, 4) is 0 Å². The van der Waals surface area contributed by atoms with Crippen molar-refractivity contribution in [1.82, 2.24) is 25.5 Å². The van der Waals surface area contributed by atoms with Gasteiger partial charge in [0.2, 0.25) is 0 Å². The lowest BCUT2D eigenvalue weighted by Crippen LogP contribution is -2.34. The second-order valence-electron chi connectivity index (χ2n) is 5.49. The molecule has 6 nitrogen and oxygen atoms in total. The zero-order valence-electron chi connectivity index (χ0n) is 10.1. The number of rotatable bonds is 2. The molecule has 1 aromatic rings. The van der Waals surface area contributed by atoms with Gasteiger partial charge in [0.15, 0.2) is 5.82 Å². The first-order valence-corrected chi connectivity index (χ1v) is 5.62. The van der Waals surface area contributed by atoms with Crippen LogP contribution in [0.25, 0.3) is 0 Å². The molecular weight excluding hydrogens is 206 g/mol. The number of nitrogens with one attached hydrogen (secondary N) is 1. The Balaban J connectivity index is 2.08. The van der Waals surface area contributed by atoms with E-state index in [0.29, 0.717) is 18.8 Å². The lowest BCUT2D eigenvalue weighted by molar-refractivity contribution is 0.0596. The van der Waals surface area contributed by atoms with Gasteiger partial charge in [-0.1, -0.05) is 0 Å². The van der Waals surface area contributed by atoms with Gasteiger partial charge in [-0.05, 0) is 39.0 Å². The second-order valence-corrected chi connectivity index (χ2v) is 5.49. The smallest absolute Gasteiger partial charge is 0.177 e. The van der Waals surface area contributed by atoms with Gasteiger partial charge in [0.25, 0.3) is 0 Å². The number of tetrazole rings is 1. The Morgan fingerprint density at radius 3 is 2.75 bits per heavy atom. The predicted octanol–water partition coefficient (Wildman–Crippen LogP) is -0.305. The van der Waals surface area contributed by atoms with Crippen molar-refractivity contribution in [2.24, 2.45) is 0 Å². The summed E-state index contributed by atoms with van der Waals surface area (Å²) in [5, 5.41) is 25.6. The van der Waals surface area contributed by atoms with E-state index in [0.717, 1.165) is 13.0 Å². The summed E-state index contributed by atoms with van der Waals surface area (Å²) in [5.74, 6) is 0.612. The van der Waals surface area contributed by atoms with Gasteiger partial charge in [0.1, 0.15) is 0 Å². The summed E-state index contributed by atoms with van der Waals surface area (Å²) in [5.41, 5.74) is -0.868. The maximum absolute atomic E-state index is 10.2. The normalized spacial score (nSPS) is 26.2. The van der Waals surface area contributed by atoms with Crippen LogP contribution < -0.4 is 5.32 Å². The summed E-state index contributed by atoms with van der Waals surface area (Å²) < 4.78 is 0. The Kier molecular flexibility index (Phi) is 2.71. The molecule has 0 aromatic carbocycles. The van der Waals surface area contributed by atoms with Crippen LogP contribution in [0.1, 0.15) is 33.0 Å². The van der Waals surface area contributed by atoms with Crippen molar-refractivity contribution in [3.63, 3.8) is 0 Å². The highest BCUT2D eigenvalue weighted by Gasteiger charge is 2.33. The first-order valence-electron chi connectivity index (χ1n) is 5.62. The molecule has 1 saturated heterocycles. The molecule has 2 N–H and O–H groups in total. The largest absolute Gasteiger partial charge is 0.388 e. The van der Waals surface area contributed by atoms with Crippen molar-refractivity contribution in [2.75, 3.05) is 13.1 Å². The summed E-state index contributed by atoms with van der Waals surface area (Å²) in [6.07, 6.45) is 1.22. The molecule has 16 heavy (non-hydrogen) atoms. The Morgan fingerprint density at radius 2 is 2.25 bits per heavy atom. The Labute approximate surface area is 95.0 Å². The Morgan fingerprint density at radius 1 is 1.50 bits per heavy atom. The van der Waals surface area contributed by atoms with Crippen LogP contribution in [-0.2, 0) is 12.0 Å². The minimum absolute atomic E-state index is 0.165. The van der Waals surface area contributed by atoms with Crippen molar-refractivity contribution in [3.05, 3.63) is 5.82 Å². The SMILES string of the molecule is CC(C)(C)n1nnc(CC2(O)CCNC2)n1. The molecule has 1 aliphatic heterocycles. The maximum Gasteiger partial charge on any atom is 0.177 e. The van der Waals surface area contributed by atoms with E-state index in [1.807, 2.05) is 20.8 Å². The first kappa shape index (κ1) is 11.5. The van der Waals surface area contributed by atoms with Gasteiger partial charge in [-0.3, -0.25) is 0 Å². The molecule has 2 heterocycles. The van der Waals surface area contributed by atoms with Crippen molar-refractivity contribution in [1.29, 1.82) is 0 Å². The van der Waals surface area contributed by atoms with E-state index in [1.165, 1.54) is 0 Å². The van der Waals surface area contributed by atoms with Gasteiger partial charge >= 0.3 is 0 Å².